The monoisotopic (exact) mass is 472 g/mol. The standard InChI is InChI=1S/C24H32N4O4S/c1-19(25-22-7-3-4-8-23(22)27-13-5-2-6-14-27)24(29)26-20-9-11-21(12-10-20)33(30,31)28-15-17-32-18-16-28/h3-4,7-12,19,25H,2,5-6,13-18H2,1H3,(H,26,29). The van der Waals surface area contributed by atoms with Crippen molar-refractivity contribution in [3.63, 3.8) is 0 Å². The lowest BCUT2D eigenvalue weighted by molar-refractivity contribution is -0.116. The third-order valence-corrected chi connectivity index (χ3v) is 8.01. The lowest BCUT2D eigenvalue weighted by atomic mass is 10.1. The molecule has 2 aliphatic heterocycles. The first-order chi connectivity index (χ1) is 15.9. The molecule has 0 spiro atoms. The van der Waals surface area contributed by atoms with Gasteiger partial charge in [-0.2, -0.15) is 4.31 Å². The van der Waals surface area contributed by atoms with Crippen molar-refractivity contribution in [2.45, 2.75) is 37.1 Å². The van der Waals surface area contributed by atoms with Crippen molar-refractivity contribution in [1.82, 2.24) is 4.31 Å². The molecule has 178 valence electrons. The number of piperidine rings is 1. The number of amides is 1. The molecule has 4 rings (SSSR count). The van der Waals surface area contributed by atoms with Gasteiger partial charge in [0.05, 0.1) is 29.5 Å². The fraction of sp³-hybridized carbons (Fsp3) is 0.458. The van der Waals surface area contributed by atoms with Gasteiger partial charge < -0.3 is 20.3 Å². The Bertz CT molecular complexity index is 1050. The van der Waals surface area contributed by atoms with Crippen LogP contribution in [0.1, 0.15) is 26.2 Å². The lowest BCUT2D eigenvalue weighted by Crippen LogP contribution is -2.40. The number of nitrogens with one attached hydrogen (secondary N) is 2. The Kier molecular flexibility index (Phi) is 7.52. The summed E-state index contributed by atoms with van der Waals surface area (Å²) < 4.78 is 32.2. The van der Waals surface area contributed by atoms with Crippen LogP contribution >= 0.6 is 0 Å². The molecule has 2 N–H and O–H groups in total. The molecule has 2 fully saturated rings. The van der Waals surface area contributed by atoms with E-state index in [1.54, 1.807) is 12.1 Å². The molecular formula is C24H32N4O4S. The van der Waals surface area contributed by atoms with Gasteiger partial charge in [0.25, 0.3) is 0 Å². The van der Waals surface area contributed by atoms with Crippen LogP contribution in [-0.2, 0) is 19.6 Å². The zero-order valence-corrected chi connectivity index (χ0v) is 19.8. The second-order valence-corrected chi connectivity index (χ2v) is 10.4. The average Bonchev–Trinajstić information content (AvgIpc) is 2.86. The highest BCUT2D eigenvalue weighted by atomic mass is 32.2. The van der Waals surface area contributed by atoms with E-state index in [1.807, 2.05) is 25.1 Å². The van der Waals surface area contributed by atoms with Gasteiger partial charge in [-0.25, -0.2) is 8.42 Å². The normalized spacial score (nSPS) is 18.5. The number of carbonyl (C=O) groups is 1. The summed E-state index contributed by atoms with van der Waals surface area (Å²) in [6.45, 7) is 5.38. The van der Waals surface area contributed by atoms with Gasteiger partial charge in [0.1, 0.15) is 6.04 Å². The molecule has 0 bridgehead atoms. The number of nitrogens with zero attached hydrogens (tertiary/aromatic N) is 2. The minimum Gasteiger partial charge on any atom is -0.379 e. The van der Waals surface area contributed by atoms with Crippen molar-refractivity contribution in [1.29, 1.82) is 0 Å². The molecule has 0 radical (unpaired) electrons. The van der Waals surface area contributed by atoms with Gasteiger partial charge in [-0.05, 0) is 62.6 Å². The van der Waals surface area contributed by atoms with E-state index in [1.165, 1.54) is 35.7 Å². The summed E-state index contributed by atoms with van der Waals surface area (Å²) in [6.07, 6.45) is 3.63. The predicted molar refractivity (Wildman–Crippen MR) is 130 cm³/mol. The molecule has 2 aromatic rings. The Balaban J connectivity index is 1.38. The molecule has 0 aromatic heterocycles. The number of morpholine rings is 1. The van der Waals surface area contributed by atoms with Crippen LogP contribution < -0.4 is 15.5 Å². The van der Waals surface area contributed by atoms with Crippen molar-refractivity contribution in [3.8, 4) is 0 Å². The molecule has 2 aromatic carbocycles. The van der Waals surface area contributed by atoms with Crippen LogP contribution in [0.5, 0.6) is 0 Å². The number of carbonyl (C=O) groups excluding carboxylic acids is 1. The van der Waals surface area contributed by atoms with Crippen LogP contribution in [0.15, 0.2) is 53.4 Å². The van der Waals surface area contributed by atoms with Gasteiger partial charge in [-0.3, -0.25) is 4.79 Å². The molecule has 1 unspecified atom stereocenters. The summed E-state index contributed by atoms with van der Waals surface area (Å²) in [6, 6.07) is 13.9. The maximum atomic E-state index is 12.8. The highest BCUT2D eigenvalue weighted by molar-refractivity contribution is 7.89. The first-order valence-electron chi connectivity index (χ1n) is 11.5. The largest absolute Gasteiger partial charge is 0.379 e. The molecule has 8 nitrogen and oxygen atoms in total. The second-order valence-electron chi connectivity index (χ2n) is 8.46. The number of hydrogen-bond donors (Lipinski definition) is 2. The van der Waals surface area contributed by atoms with Crippen molar-refractivity contribution >= 4 is 33.0 Å². The summed E-state index contributed by atoms with van der Waals surface area (Å²) in [7, 11) is -3.56. The molecule has 2 saturated heterocycles. The number of rotatable bonds is 7. The number of para-hydroxylation sites is 2. The predicted octanol–water partition coefficient (Wildman–Crippen LogP) is 3.14. The average molecular weight is 473 g/mol. The molecule has 2 aliphatic rings. The smallest absolute Gasteiger partial charge is 0.246 e. The maximum absolute atomic E-state index is 12.8. The third-order valence-electron chi connectivity index (χ3n) is 6.10. The minimum absolute atomic E-state index is 0.188. The molecule has 9 heteroatoms. The highest BCUT2D eigenvalue weighted by Crippen LogP contribution is 2.29. The number of anilines is 3. The molecule has 1 atom stereocenters. The Labute approximate surface area is 196 Å². The second kappa shape index (κ2) is 10.5. The van der Waals surface area contributed by atoms with Crippen molar-refractivity contribution < 1.29 is 17.9 Å². The molecule has 33 heavy (non-hydrogen) atoms. The van der Waals surface area contributed by atoms with E-state index in [0.29, 0.717) is 32.0 Å². The number of benzene rings is 2. The van der Waals surface area contributed by atoms with Gasteiger partial charge in [-0.15, -0.1) is 0 Å². The van der Waals surface area contributed by atoms with E-state index in [2.05, 4.69) is 21.6 Å². The van der Waals surface area contributed by atoms with Crippen LogP contribution in [0.25, 0.3) is 0 Å². The molecule has 0 aliphatic carbocycles. The summed E-state index contributed by atoms with van der Waals surface area (Å²) in [4.78, 5) is 15.4. The quantitative estimate of drug-likeness (QED) is 0.643. The number of sulfonamides is 1. The van der Waals surface area contributed by atoms with Gasteiger partial charge in [0.2, 0.25) is 15.9 Å². The van der Waals surface area contributed by atoms with Crippen LogP contribution in [0.2, 0.25) is 0 Å². The number of hydrogen-bond acceptors (Lipinski definition) is 6. The van der Waals surface area contributed by atoms with Crippen LogP contribution in [0.4, 0.5) is 17.1 Å². The van der Waals surface area contributed by atoms with Crippen LogP contribution in [0.3, 0.4) is 0 Å². The summed E-state index contributed by atoms with van der Waals surface area (Å²) in [5.74, 6) is -0.188. The zero-order chi connectivity index (χ0) is 23.3. The maximum Gasteiger partial charge on any atom is 0.246 e. The van der Waals surface area contributed by atoms with E-state index in [4.69, 9.17) is 4.74 Å². The first kappa shape index (κ1) is 23.5. The fourth-order valence-corrected chi connectivity index (χ4v) is 5.61. The summed E-state index contributed by atoms with van der Waals surface area (Å²) >= 11 is 0. The van der Waals surface area contributed by atoms with E-state index in [9.17, 15) is 13.2 Å². The van der Waals surface area contributed by atoms with Crippen molar-refractivity contribution in [2.24, 2.45) is 0 Å². The minimum atomic E-state index is -3.56. The summed E-state index contributed by atoms with van der Waals surface area (Å²) in [5, 5.41) is 6.21. The van der Waals surface area contributed by atoms with E-state index in [0.717, 1.165) is 24.5 Å². The summed E-state index contributed by atoms with van der Waals surface area (Å²) in [5.41, 5.74) is 2.61. The Morgan fingerprint density at radius 1 is 0.939 bits per heavy atom. The Morgan fingerprint density at radius 2 is 1.61 bits per heavy atom. The van der Waals surface area contributed by atoms with Crippen LogP contribution in [0, 0.1) is 0 Å². The Morgan fingerprint density at radius 3 is 2.30 bits per heavy atom. The van der Waals surface area contributed by atoms with E-state index in [-0.39, 0.29) is 10.8 Å². The lowest BCUT2D eigenvalue weighted by Gasteiger charge is -2.31. The van der Waals surface area contributed by atoms with Crippen molar-refractivity contribution in [3.05, 3.63) is 48.5 Å². The Hall–Kier alpha value is -2.62. The van der Waals surface area contributed by atoms with Crippen LogP contribution in [-0.4, -0.2) is 64.1 Å². The molecular weight excluding hydrogens is 440 g/mol. The SMILES string of the molecule is CC(Nc1ccccc1N1CCCCC1)C(=O)Nc1ccc(S(=O)(=O)N2CCOCC2)cc1. The zero-order valence-electron chi connectivity index (χ0n) is 19.0. The van der Waals surface area contributed by atoms with Gasteiger partial charge in [-0.1, -0.05) is 12.1 Å². The fourth-order valence-electron chi connectivity index (χ4n) is 4.20. The van der Waals surface area contributed by atoms with E-state index < -0.39 is 16.1 Å². The molecule has 1 amide bonds. The van der Waals surface area contributed by atoms with Gasteiger partial charge in [0, 0.05) is 31.9 Å². The highest BCUT2D eigenvalue weighted by Gasteiger charge is 2.26. The molecule has 0 saturated carbocycles. The number of ether oxygens (including phenoxy) is 1. The van der Waals surface area contributed by atoms with Crippen molar-refractivity contribution in [2.75, 3.05) is 54.9 Å². The van der Waals surface area contributed by atoms with Gasteiger partial charge >= 0.3 is 0 Å². The van der Waals surface area contributed by atoms with E-state index >= 15 is 0 Å². The van der Waals surface area contributed by atoms with Gasteiger partial charge in [0.15, 0.2) is 0 Å². The molecule has 2 heterocycles. The third kappa shape index (κ3) is 5.66. The topological polar surface area (TPSA) is 91.0 Å². The first-order valence-corrected chi connectivity index (χ1v) is 13.0.